The Hall–Kier alpha value is -1.04. The summed E-state index contributed by atoms with van der Waals surface area (Å²) >= 11 is 0. The van der Waals surface area contributed by atoms with Crippen LogP contribution in [0.4, 0.5) is 0 Å². The van der Waals surface area contributed by atoms with Crippen molar-refractivity contribution in [2.45, 2.75) is 197 Å². The molecule has 4 saturated carbocycles. The fourth-order valence-corrected chi connectivity index (χ4v) is 12.2. The zero-order chi connectivity index (χ0) is 37.3. The minimum absolute atomic E-state index is 0.000459. The summed E-state index contributed by atoms with van der Waals surface area (Å²) in [6.45, 7) is 9.74. The number of rotatable bonds is 8. The van der Waals surface area contributed by atoms with Crippen LogP contribution in [0, 0.1) is 44.6 Å². The maximum Gasteiger partial charge on any atom is 0.207 e. The SMILES string of the molecule is C[C@H]1O[C@@H](O[C@H]2[C@@H](O)C[C@H](O[C@H]3[C@@H](O)C[C@H](O[C@H]4CC[C@@]5(C)[C@H](CC[C@@H]6[C@@H]5CC[C@]5(C)[C@@H](C[N+](=O)[O-])CC[C@]65O)C4)O[C@@H]3C)O[C@@H]2C)C[C@H](O)[C@@H]1O. The number of nitrogens with zero attached hydrogens (tertiary/aromatic N) is 1. The molecule has 7 rings (SSSR count). The molecule has 7 aliphatic rings. The average Bonchev–Trinajstić information content (AvgIpc) is 3.33. The van der Waals surface area contributed by atoms with Crippen molar-refractivity contribution in [2.24, 2.45) is 34.5 Å². The zero-order valence-corrected chi connectivity index (χ0v) is 31.5. The van der Waals surface area contributed by atoms with Gasteiger partial charge < -0.3 is 54.0 Å². The van der Waals surface area contributed by atoms with Crippen molar-refractivity contribution < 1.29 is 58.9 Å². The highest BCUT2D eigenvalue weighted by Gasteiger charge is 2.68. The smallest absolute Gasteiger partial charge is 0.207 e. The Labute approximate surface area is 307 Å². The van der Waals surface area contributed by atoms with Crippen LogP contribution in [0.1, 0.15) is 112 Å². The Balaban J connectivity index is 0.895. The lowest BCUT2D eigenvalue weighted by Gasteiger charge is -2.63. The van der Waals surface area contributed by atoms with Gasteiger partial charge in [0.2, 0.25) is 6.54 Å². The van der Waals surface area contributed by atoms with E-state index in [1.54, 1.807) is 13.8 Å². The fourth-order valence-electron chi connectivity index (χ4n) is 12.2. The van der Waals surface area contributed by atoms with Gasteiger partial charge in [-0.15, -0.1) is 0 Å². The lowest BCUT2D eigenvalue weighted by Crippen LogP contribution is -2.62. The van der Waals surface area contributed by atoms with Crippen LogP contribution in [0.5, 0.6) is 0 Å². The van der Waals surface area contributed by atoms with Gasteiger partial charge in [0.1, 0.15) is 18.3 Å². The van der Waals surface area contributed by atoms with Crippen LogP contribution in [0.2, 0.25) is 0 Å². The van der Waals surface area contributed by atoms with E-state index in [0.29, 0.717) is 18.3 Å². The highest BCUT2D eigenvalue weighted by atomic mass is 16.7. The van der Waals surface area contributed by atoms with Crippen molar-refractivity contribution in [1.82, 2.24) is 0 Å². The van der Waals surface area contributed by atoms with E-state index in [1.165, 1.54) is 0 Å². The highest BCUT2D eigenvalue weighted by Crippen LogP contribution is 2.69. The quantitative estimate of drug-likeness (QED) is 0.138. The van der Waals surface area contributed by atoms with Gasteiger partial charge in [-0.25, -0.2) is 0 Å². The standard InChI is InChI=1S/C38H63NO13/c1-19-33(43)27(40)15-31(47-19)51-35-21(3)49-32(17-29(35)42)52-34-20(2)48-30(16-28(34)41)50-24-9-11-36(4)22(14-24)6-7-26-25(36)10-12-37(5)23(18-39(45)46)8-13-38(26,37)44/h19-35,40-44H,6-18H2,1-5H3/t19-,20-,21-,22-,23-,24+,25+,26-,27+,28+,29+,30+,31+,32+,33-,34-,35-,36+,37-,38+/m1/s1. The van der Waals surface area contributed by atoms with Gasteiger partial charge in [-0.3, -0.25) is 10.1 Å². The van der Waals surface area contributed by atoms with E-state index in [4.69, 9.17) is 28.4 Å². The first-order chi connectivity index (χ1) is 24.5. The van der Waals surface area contributed by atoms with Gasteiger partial charge in [0.25, 0.3) is 0 Å². The Bertz CT molecular complexity index is 1240. The second-order valence-electron chi connectivity index (χ2n) is 18.1. The minimum Gasteiger partial charge on any atom is -0.390 e. The van der Waals surface area contributed by atoms with Crippen molar-refractivity contribution in [3.05, 3.63) is 10.1 Å². The van der Waals surface area contributed by atoms with Crippen molar-refractivity contribution in [3.63, 3.8) is 0 Å². The molecule has 0 radical (unpaired) electrons. The fraction of sp³-hybridized carbons (Fsp3) is 1.00. The van der Waals surface area contributed by atoms with Crippen LogP contribution in [-0.4, -0.2) is 123 Å². The number of aliphatic hydroxyl groups is 5. The summed E-state index contributed by atoms with van der Waals surface area (Å²) in [4.78, 5) is 11.3. The monoisotopic (exact) mass is 741 g/mol. The first-order valence-electron chi connectivity index (χ1n) is 20.0. The summed E-state index contributed by atoms with van der Waals surface area (Å²) in [5.41, 5.74) is -1.16. The van der Waals surface area contributed by atoms with Crippen LogP contribution < -0.4 is 0 Å². The highest BCUT2D eigenvalue weighted by molar-refractivity contribution is 5.16. The van der Waals surface area contributed by atoms with E-state index in [-0.39, 0.29) is 54.1 Å². The molecule has 0 unspecified atom stereocenters. The van der Waals surface area contributed by atoms with Crippen molar-refractivity contribution in [3.8, 4) is 0 Å². The summed E-state index contributed by atoms with van der Waals surface area (Å²) < 4.78 is 36.8. The Morgan fingerprint density at radius 2 is 1.27 bits per heavy atom. The lowest BCUT2D eigenvalue weighted by molar-refractivity contribution is -0.492. The van der Waals surface area contributed by atoms with E-state index < -0.39 is 84.8 Å². The van der Waals surface area contributed by atoms with Crippen molar-refractivity contribution in [2.75, 3.05) is 6.54 Å². The summed E-state index contributed by atoms with van der Waals surface area (Å²) in [5, 5.41) is 66.1. The Morgan fingerprint density at radius 1 is 0.692 bits per heavy atom. The van der Waals surface area contributed by atoms with Gasteiger partial charge in [0.05, 0.1) is 48.3 Å². The normalized spacial score (nSPS) is 55.2. The van der Waals surface area contributed by atoms with Crippen LogP contribution in [-0.2, 0) is 28.4 Å². The first kappa shape index (κ1) is 39.2. The molecule has 3 aliphatic heterocycles. The molecule has 0 amide bonds. The van der Waals surface area contributed by atoms with Crippen LogP contribution in [0.15, 0.2) is 0 Å². The van der Waals surface area contributed by atoms with E-state index in [9.17, 15) is 35.6 Å². The summed E-state index contributed by atoms with van der Waals surface area (Å²) in [6, 6.07) is 0. The molecule has 0 aromatic heterocycles. The lowest BCUT2D eigenvalue weighted by atomic mass is 9.43. The van der Waals surface area contributed by atoms with Gasteiger partial charge in [0, 0.05) is 35.5 Å². The largest absolute Gasteiger partial charge is 0.390 e. The summed E-state index contributed by atoms with van der Waals surface area (Å²) in [6.07, 6.45) is -0.672. The summed E-state index contributed by atoms with van der Waals surface area (Å²) in [7, 11) is 0. The number of hydrogen-bond acceptors (Lipinski definition) is 13. The predicted octanol–water partition coefficient (Wildman–Crippen LogP) is 3.04. The average molecular weight is 742 g/mol. The molecular weight excluding hydrogens is 678 g/mol. The zero-order valence-electron chi connectivity index (χ0n) is 31.5. The molecule has 5 N–H and O–H groups in total. The molecule has 0 aromatic carbocycles. The van der Waals surface area contributed by atoms with Gasteiger partial charge in [0.15, 0.2) is 18.9 Å². The van der Waals surface area contributed by atoms with Gasteiger partial charge in [-0.2, -0.15) is 0 Å². The van der Waals surface area contributed by atoms with Crippen molar-refractivity contribution >= 4 is 0 Å². The molecule has 0 bridgehead atoms. The number of aliphatic hydroxyl groups excluding tert-OH is 4. The van der Waals surface area contributed by atoms with Crippen molar-refractivity contribution in [1.29, 1.82) is 0 Å². The summed E-state index contributed by atoms with van der Waals surface area (Å²) in [5.74, 6) is 0.943. The third kappa shape index (κ3) is 6.99. The van der Waals surface area contributed by atoms with Crippen LogP contribution in [0.25, 0.3) is 0 Å². The van der Waals surface area contributed by atoms with Gasteiger partial charge in [-0.05, 0) is 102 Å². The minimum atomic E-state index is -1.00. The van der Waals surface area contributed by atoms with Gasteiger partial charge in [-0.1, -0.05) is 13.8 Å². The number of nitro groups is 1. The molecule has 7 fully saturated rings. The van der Waals surface area contributed by atoms with Gasteiger partial charge >= 0.3 is 0 Å². The maximum atomic E-state index is 12.3. The number of hydrogen-bond donors (Lipinski definition) is 5. The molecule has 3 saturated heterocycles. The second kappa shape index (κ2) is 14.8. The molecule has 0 aromatic rings. The molecule has 0 spiro atoms. The van der Waals surface area contributed by atoms with E-state index in [1.807, 2.05) is 6.92 Å². The van der Waals surface area contributed by atoms with Crippen LogP contribution in [0.3, 0.4) is 0 Å². The van der Waals surface area contributed by atoms with Crippen LogP contribution >= 0.6 is 0 Å². The van der Waals surface area contributed by atoms with E-state index in [2.05, 4.69) is 13.8 Å². The van der Waals surface area contributed by atoms with E-state index >= 15 is 0 Å². The maximum absolute atomic E-state index is 12.3. The Morgan fingerprint density at radius 3 is 1.85 bits per heavy atom. The Kier molecular flexibility index (Phi) is 11.2. The molecule has 298 valence electrons. The molecule has 52 heavy (non-hydrogen) atoms. The molecule has 20 atom stereocenters. The molecule has 4 aliphatic carbocycles. The molecule has 14 heteroatoms. The second-order valence-corrected chi connectivity index (χ2v) is 18.1. The van der Waals surface area contributed by atoms with E-state index in [0.717, 1.165) is 51.4 Å². The number of fused-ring (bicyclic) bond motifs is 5. The first-order valence-corrected chi connectivity index (χ1v) is 20.0. The third-order valence-electron chi connectivity index (χ3n) is 15.3. The predicted molar refractivity (Wildman–Crippen MR) is 184 cm³/mol. The third-order valence-corrected chi connectivity index (χ3v) is 15.3. The molecule has 3 heterocycles. The molecular formula is C38H63NO13. The number of ether oxygens (including phenoxy) is 6. The molecule has 14 nitrogen and oxygen atoms in total. The topological polar surface area (TPSA) is 200 Å².